The molecule has 0 heterocycles. The van der Waals surface area contributed by atoms with Crippen LogP contribution < -0.4 is 4.74 Å². The lowest BCUT2D eigenvalue weighted by molar-refractivity contribution is 0.0735. The first-order valence-corrected chi connectivity index (χ1v) is 8.71. The summed E-state index contributed by atoms with van der Waals surface area (Å²) in [4.78, 5) is 12.2. The Labute approximate surface area is 148 Å². The van der Waals surface area contributed by atoms with Gasteiger partial charge in [-0.1, -0.05) is 31.6 Å². The van der Waals surface area contributed by atoms with E-state index in [2.05, 4.69) is 13.0 Å². The SMILES string of the molecule is CCC1CC=C(c2ccc(C(=O)Oc3ccc(C#N)cc3)cc2)CC1. The van der Waals surface area contributed by atoms with Gasteiger partial charge in [0.25, 0.3) is 0 Å². The first-order chi connectivity index (χ1) is 12.2. The van der Waals surface area contributed by atoms with E-state index in [0.717, 1.165) is 18.8 Å². The quantitative estimate of drug-likeness (QED) is 0.559. The molecule has 2 aromatic rings. The van der Waals surface area contributed by atoms with Crippen LogP contribution in [0.15, 0.2) is 54.6 Å². The highest BCUT2D eigenvalue weighted by atomic mass is 16.5. The van der Waals surface area contributed by atoms with Crippen LogP contribution in [0.2, 0.25) is 0 Å². The number of hydrogen-bond donors (Lipinski definition) is 0. The highest BCUT2D eigenvalue weighted by molar-refractivity contribution is 5.91. The molecule has 0 fully saturated rings. The van der Waals surface area contributed by atoms with Gasteiger partial charge in [-0.15, -0.1) is 0 Å². The molecular formula is C22H21NO2. The molecule has 0 spiro atoms. The molecule has 0 saturated carbocycles. The number of allylic oxidation sites excluding steroid dienone is 2. The van der Waals surface area contributed by atoms with Crippen LogP contribution in [0.5, 0.6) is 5.75 Å². The second-order valence-corrected chi connectivity index (χ2v) is 6.38. The average Bonchev–Trinajstić information content (AvgIpc) is 2.69. The van der Waals surface area contributed by atoms with Crippen molar-refractivity contribution in [3.05, 3.63) is 71.3 Å². The molecule has 126 valence electrons. The predicted octanol–water partition coefficient (Wildman–Crippen LogP) is 5.37. The van der Waals surface area contributed by atoms with Crippen LogP contribution in [0, 0.1) is 17.2 Å². The molecule has 3 heteroatoms. The zero-order valence-electron chi connectivity index (χ0n) is 14.4. The Morgan fingerprint density at radius 2 is 1.88 bits per heavy atom. The first-order valence-electron chi connectivity index (χ1n) is 8.71. The molecule has 2 aromatic carbocycles. The molecular weight excluding hydrogens is 310 g/mol. The second-order valence-electron chi connectivity index (χ2n) is 6.38. The van der Waals surface area contributed by atoms with Gasteiger partial charge in [0.05, 0.1) is 17.2 Å². The summed E-state index contributed by atoms with van der Waals surface area (Å²) >= 11 is 0. The highest BCUT2D eigenvalue weighted by Crippen LogP contribution is 2.31. The van der Waals surface area contributed by atoms with E-state index in [1.165, 1.54) is 24.0 Å². The van der Waals surface area contributed by atoms with Crippen molar-refractivity contribution >= 4 is 11.5 Å². The molecule has 1 unspecified atom stereocenters. The second kappa shape index (κ2) is 7.81. The Bertz CT molecular complexity index is 811. The van der Waals surface area contributed by atoms with Crippen molar-refractivity contribution in [1.29, 1.82) is 5.26 Å². The smallest absolute Gasteiger partial charge is 0.343 e. The number of benzene rings is 2. The van der Waals surface area contributed by atoms with Gasteiger partial charge in [0, 0.05) is 0 Å². The number of esters is 1. The largest absolute Gasteiger partial charge is 0.423 e. The van der Waals surface area contributed by atoms with Gasteiger partial charge in [-0.3, -0.25) is 0 Å². The average molecular weight is 331 g/mol. The van der Waals surface area contributed by atoms with Crippen LogP contribution in [-0.2, 0) is 0 Å². The van der Waals surface area contributed by atoms with Crippen LogP contribution in [0.3, 0.4) is 0 Å². The Morgan fingerprint density at radius 3 is 2.44 bits per heavy atom. The highest BCUT2D eigenvalue weighted by Gasteiger charge is 2.15. The van der Waals surface area contributed by atoms with Gasteiger partial charge in [0.15, 0.2) is 0 Å². The van der Waals surface area contributed by atoms with Crippen molar-refractivity contribution in [3.63, 3.8) is 0 Å². The summed E-state index contributed by atoms with van der Waals surface area (Å²) in [5, 5.41) is 8.79. The van der Waals surface area contributed by atoms with Gasteiger partial charge in [0.2, 0.25) is 0 Å². The van der Waals surface area contributed by atoms with Crippen LogP contribution in [0.1, 0.15) is 54.1 Å². The van der Waals surface area contributed by atoms with E-state index in [1.54, 1.807) is 24.3 Å². The van der Waals surface area contributed by atoms with Crippen LogP contribution >= 0.6 is 0 Å². The van der Waals surface area contributed by atoms with E-state index < -0.39 is 0 Å². The van der Waals surface area contributed by atoms with Crippen LogP contribution in [0.4, 0.5) is 0 Å². The van der Waals surface area contributed by atoms with Gasteiger partial charge >= 0.3 is 5.97 Å². The van der Waals surface area contributed by atoms with E-state index in [9.17, 15) is 4.79 Å². The van der Waals surface area contributed by atoms with Crippen molar-refractivity contribution in [2.75, 3.05) is 0 Å². The molecule has 0 radical (unpaired) electrons. The van der Waals surface area contributed by atoms with E-state index in [-0.39, 0.29) is 5.97 Å². The summed E-state index contributed by atoms with van der Waals surface area (Å²) in [6.07, 6.45) is 7.07. The number of carbonyl (C=O) groups excluding carboxylic acids is 1. The van der Waals surface area contributed by atoms with E-state index >= 15 is 0 Å². The third-order valence-electron chi connectivity index (χ3n) is 4.78. The Morgan fingerprint density at radius 1 is 1.16 bits per heavy atom. The Kier molecular flexibility index (Phi) is 5.30. The van der Waals surface area contributed by atoms with Gasteiger partial charge in [0.1, 0.15) is 5.75 Å². The van der Waals surface area contributed by atoms with Crippen LogP contribution in [-0.4, -0.2) is 5.97 Å². The van der Waals surface area contributed by atoms with Crippen molar-refractivity contribution in [1.82, 2.24) is 0 Å². The summed E-state index contributed by atoms with van der Waals surface area (Å²) in [6.45, 7) is 2.25. The fraction of sp³-hybridized carbons (Fsp3) is 0.273. The molecule has 0 aliphatic heterocycles. The number of carbonyl (C=O) groups is 1. The molecule has 1 aliphatic carbocycles. The molecule has 0 N–H and O–H groups in total. The molecule has 0 amide bonds. The van der Waals surface area contributed by atoms with E-state index in [0.29, 0.717) is 16.9 Å². The van der Waals surface area contributed by atoms with E-state index in [4.69, 9.17) is 10.00 Å². The zero-order valence-corrected chi connectivity index (χ0v) is 14.4. The lowest BCUT2D eigenvalue weighted by Gasteiger charge is -2.20. The van der Waals surface area contributed by atoms with Gasteiger partial charge in [-0.25, -0.2) is 4.79 Å². The minimum atomic E-state index is -0.389. The molecule has 0 bridgehead atoms. The van der Waals surface area contributed by atoms with Crippen molar-refractivity contribution in [2.45, 2.75) is 32.6 Å². The van der Waals surface area contributed by atoms with Crippen LogP contribution in [0.25, 0.3) is 5.57 Å². The Hall–Kier alpha value is -2.86. The summed E-state index contributed by atoms with van der Waals surface area (Å²) in [6, 6.07) is 16.2. The number of nitriles is 1. The standard InChI is InChI=1S/C22H21NO2/c1-2-16-3-7-18(8-4-16)19-9-11-20(12-10-19)22(24)25-21-13-5-17(15-23)6-14-21/h5-7,9-14,16H,2-4,8H2,1H3. The summed E-state index contributed by atoms with van der Waals surface area (Å²) in [5.74, 6) is 0.860. The lowest BCUT2D eigenvalue weighted by Crippen LogP contribution is -2.08. The third-order valence-corrected chi connectivity index (χ3v) is 4.78. The zero-order chi connectivity index (χ0) is 17.6. The van der Waals surface area contributed by atoms with Gasteiger partial charge in [-0.2, -0.15) is 5.26 Å². The minimum Gasteiger partial charge on any atom is -0.423 e. The monoisotopic (exact) mass is 331 g/mol. The predicted molar refractivity (Wildman–Crippen MR) is 98.2 cm³/mol. The maximum absolute atomic E-state index is 12.2. The topological polar surface area (TPSA) is 50.1 Å². The molecule has 25 heavy (non-hydrogen) atoms. The normalized spacial score (nSPS) is 16.6. The first kappa shape index (κ1) is 17.0. The number of nitrogens with zero attached hydrogens (tertiary/aromatic N) is 1. The lowest BCUT2D eigenvalue weighted by atomic mass is 9.85. The number of rotatable bonds is 4. The van der Waals surface area contributed by atoms with E-state index in [1.807, 2.05) is 30.3 Å². The molecule has 3 rings (SSSR count). The van der Waals surface area contributed by atoms with Crippen molar-refractivity contribution < 1.29 is 9.53 Å². The maximum atomic E-state index is 12.2. The number of hydrogen-bond acceptors (Lipinski definition) is 3. The molecule has 3 nitrogen and oxygen atoms in total. The minimum absolute atomic E-state index is 0.389. The molecule has 0 aromatic heterocycles. The molecule has 1 aliphatic rings. The van der Waals surface area contributed by atoms with Gasteiger partial charge in [-0.05, 0) is 72.7 Å². The molecule has 1 atom stereocenters. The fourth-order valence-electron chi connectivity index (χ4n) is 3.11. The van der Waals surface area contributed by atoms with Gasteiger partial charge < -0.3 is 4.74 Å². The summed E-state index contributed by atoms with van der Waals surface area (Å²) in [5.41, 5.74) is 3.62. The van der Waals surface area contributed by atoms with Crippen molar-refractivity contribution in [3.8, 4) is 11.8 Å². The molecule has 0 saturated heterocycles. The Balaban J connectivity index is 1.66. The maximum Gasteiger partial charge on any atom is 0.343 e. The number of ether oxygens (including phenoxy) is 1. The van der Waals surface area contributed by atoms with Crippen molar-refractivity contribution in [2.24, 2.45) is 5.92 Å². The summed E-state index contributed by atoms with van der Waals surface area (Å²) < 4.78 is 5.35. The fourth-order valence-corrected chi connectivity index (χ4v) is 3.11. The third kappa shape index (κ3) is 4.16. The summed E-state index contributed by atoms with van der Waals surface area (Å²) in [7, 11) is 0.